The molecule has 1 heterocycles. The van der Waals surface area contributed by atoms with Crippen molar-refractivity contribution >= 4 is 11.6 Å². The Morgan fingerprint density at radius 2 is 2.15 bits per heavy atom. The van der Waals surface area contributed by atoms with E-state index < -0.39 is 5.54 Å². The summed E-state index contributed by atoms with van der Waals surface area (Å²) < 4.78 is 1.89. The Morgan fingerprint density at radius 1 is 1.35 bits per heavy atom. The zero-order chi connectivity index (χ0) is 14.0. The number of nitrogens with zero attached hydrogens (tertiary/aromatic N) is 2. The predicted octanol–water partition coefficient (Wildman–Crippen LogP) is 2.08. The molecule has 0 saturated heterocycles. The highest BCUT2D eigenvalue weighted by Gasteiger charge is 2.36. The molecule has 0 spiro atoms. The first kappa shape index (κ1) is 12.9. The number of carbonyl (C=O) groups excluding carboxylic acids is 1. The van der Waals surface area contributed by atoms with Crippen LogP contribution in [-0.2, 0) is 4.79 Å². The van der Waals surface area contributed by atoms with Gasteiger partial charge in [-0.15, -0.1) is 0 Å². The highest BCUT2D eigenvalue weighted by atomic mass is 16.2. The van der Waals surface area contributed by atoms with E-state index in [4.69, 9.17) is 5.73 Å². The number of hydrogen-bond acceptors (Lipinski definition) is 3. The quantitative estimate of drug-likeness (QED) is 0.897. The molecule has 1 saturated carbocycles. The van der Waals surface area contributed by atoms with Gasteiger partial charge in [-0.05, 0) is 31.0 Å². The highest BCUT2D eigenvalue weighted by Crippen LogP contribution is 2.28. The largest absolute Gasteiger partial charge is 0.324 e. The van der Waals surface area contributed by atoms with Gasteiger partial charge in [-0.2, -0.15) is 0 Å². The van der Waals surface area contributed by atoms with Gasteiger partial charge in [0, 0.05) is 23.8 Å². The molecule has 3 rings (SSSR count). The molecule has 1 aromatic carbocycles. The Balaban J connectivity index is 1.78. The van der Waals surface area contributed by atoms with Crippen LogP contribution in [0.15, 0.2) is 43.0 Å². The maximum Gasteiger partial charge on any atom is 0.244 e. The maximum atomic E-state index is 12.3. The summed E-state index contributed by atoms with van der Waals surface area (Å²) in [5.74, 6) is -0.0854. The molecule has 5 heteroatoms. The second-order valence-corrected chi connectivity index (χ2v) is 5.34. The van der Waals surface area contributed by atoms with Gasteiger partial charge < -0.3 is 15.6 Å². The molecule has 3 N–H and O–H groups in total. The van der Waals surface area contributed by atoms with E-state index in [0.717, 1.165) is 37.1 Å². The first-order chi connectivity index (χ1) is 9.67. The highest BCUT2D eigenvalue weighted by molar-refractivity contribution is 5.98. The summed E-state index contributed by atoms with van der Waals surface area (Å²) in [6.07, 6.45) is 8.89. The molecule has 2 aromatic rings. The fourth-order valence-corrected chi connectivity index (χ4v) is 2.64. The molecule has 0 atom stereocenters. The van der Waals surface area contributed by atoms with E-state index in [-0.39, 0.29) is 5.91 Å². The fourth-order valence-electron chi connectivity index (χ4n) is 2.64. The zero-order valence-electron chi connectivity index (χ0n) is 11.2. The van der Waals surface area contributed by atoms with Crippen LogP contribution in [0, 0.1) is 0 Å². The van der Waals surface area contributed by atoms with Crippen LogP contribution in [-0.4, -0.2) is 21.0 Å². The summed E-state index contributed by atoms with van der Waals surface area (Å²) >= 11 is 0. The Kier molecular flexibility index (Phi) is 3.28. The summed E-state index contributed by atoms with van der Waals surface area (Å²) in [6.45, 7) is 0. The van der Waals surface area contributed by atoms with Crippen molar-refractivity contribution in [2.45, 2.75) is 31.2 Å². The molecule has 1 amide bonds. The molecule has 1 aromatic heterocycles. The minimum Gasteiger partial charge on any atom is -0.324 e. The molecular formula is C15H18N4O. The first-order valence-electron chi connectivity index (χ1n) is 6.86. The standard InChI is InChI=1S/C15H18N4O/c16-15(6-1-2-7-15)14(20)18-12-4-3-5-13(10-12)19-9-8-17-11-19/h3-5,8-11H,1-2,6-7,16H2,(H,18,20). The number of benzene rings is 1. The van der Waals surface area contributed by atoms with Crippen LogP contribution < -0.4 is 11.1 Å². The minimum absolute atomic E-state index is 0.0854. The van der Waals surface area contributed by atoms with Crippen molar-refractivity contribution < 1.29 is 4.79 Å². The lowest BCUT2D eigenvalue weighted by atomic mass is 9.98. The maximum absolute atomic E-state index is 12.3. The van der Waals surface area contributed by atoms with Gasteiger partial charge in [-0.3, -0.25) is 4.79 Å². The van der Waals surface area contributed by atoms with E-state index in [1.165, 1.54) is 0 Å². The van der Waals surface area contributed by atoms with Gasteiger partial charge in [0.1, 0.15) is 0 Å². The molecule has 0 bridgehead atoms. The van der Waals surface area contributed by atoms with Crippen LogP contribution in [0.5, 0.6) is 0 Å². The number of nitrogens with one attached hydrogen (secondary N) is 1. The zero-order valence-corrected chi connectivity index (χ0v) is 11.2. The van der Waals surface area contributed by atoms with Crippen molar-refractivity contribution in [3.8, 4) is 5.69 Å². The van der Waals surface area contributed by atoms with E-state index >= 15 is 0 Å². The van der Waals surface area contributed by atoms with Crippen molar-refractivity contribution in [3.05, 3.63) is 43.0 Å². The predicted molar refractivity (Wildman–Crippen MR) is 77.6 cm³/mol. The molecule has 5 nitrogen and oxygen atoms in total. The van der Waals surface area contributed by atoms with E-state index in [1.54, 1.807) is 12.5 Å². The summed E-state index contributed by atoms with van der Waals surface area (Å²) in [6, 6.07) is 7.66. The molecular weight excluding hydrogens is 252 g/mol. The fraction of sp³-hybridized carbons (Fsp3) is 0.333. The molecule has 0 unspecified atom stereocenters. The van der Waals surface area contributed by atoms with Crippen molar-refractivity contribution in [1.82, 2.24) is 9.55 Å². The average Bonchev–Trinajstić information content (AvgIpc) is 3.11. The Hall–Kier alpha value is -2.14. The number of rotatable bonds is 3. The van der Waals surface area contributed by atoms with Crippen LogP contribution in [0.3, 0.4) is 0 Å². The Bertz CT molecular complexity index is 600. The number of carbonyl (C=O) groups is 1. The van der Waals surface area contributed by atoms with Crippen molar-refractivity contribution in [2.75, 3.05) is 5.32 Å². The normalized spacial score (nSPS) is 17.1. The number of aromatic nitrogens is 2. The lowest BCUT2D eigenvalue weighted by Gasteiger charge is -2.22. The number of hydrogen-bond donors (Lipinski definition) is 2. The number of amides is 1. The van der Waals surface area contributed by atoms with Crippen molar-refractivity contribution in [3.63, 3.8) is 0 Å². The van der Waals surface area contributed by atoms with Gasteiger partial charge in [-0.1, -0.05) is 18.9 Å². The number of anilines is 1. The van der Waals surface area contributed by atoms with Crippen molar-refractivity contribution in [1.29, 1.82) is 0 Å². The summed E-state index contributed by atoms with van der Waals surface area (Å²) in [5, 5.41) is 2.93. The number of imidazole rings is 1. The van der Waals surface area contributed by atoms with Gasteiger partial charge >= 0.3 is 0 Å². The molecule has 1 aliphatic carbocycles. The van der Waals surface area contributed by atoms with E-state index in [0.29, 0.717) is 0 Å². The lowest BCUT2D eigenvalue weighted by molar-refractivity contribution is -0.121. The SMILES string of the molecule is NC1(C(=O)Nc2cccc(-n3ccnc3)c2)CCCC1. The third-order valence-corrected chi connectivity index (χ3v) is 3.85. The summed E-state index contributed by atoms with van der Waals surface area (Å²) in [7, 11) is 0. The van der Waals surface area contributed by atoms with E-state index in [9.17, 15) is 4.79 Å². The third-order valence-electron chi connectivity index (χ3n) is 3.85. The van der Waals surface area contributed by atoms with Gasteiger partial charge in [0.05, 0.1) is 11.9 Å². The summed E-state index contributed by atoms with van der Waals surface area (Å²) in [5.41, 5.74) is 7.17. The van der Waals surface area contributed by atoms with Gasteiger partial charge in [0.25, 0.3) is 0 Å². The average molecular weight is 270 g/mol. The first-order valence-corrected chi connectivity index (χ1v) is 6.86. The second kappa shape index (κ2) is 5.09. The molecule has 1 fully saturated rings. The Morgan fingerprint density at radius 3 is 2.85 bits per heavy atom. The third kappa shape index (κ3) is 2.44. The molecule has 20 heavy (non-hydrogen) atoms. The Labute approximate surface area is 117 Å². The molecule has 0 aliphatic heterocycles. The van der Waals surface area contributed by atoms with Crippen LogP contribution in [0.4, 0.5) is 5.69 Å². The summed E-state index contributed by atoms with van der Waals surface area (Å²) in [4.78, 5) is 16.3. The lowest BCUT2D eigenvalue weighted by Crippen LogP contribution is -2.48. The van der Waals surface area contributed by atoms with Crippen LogP contribution in [0.1, 0.15) is 25.7 Å². The monoisotopic (exact) mass is 270 g/mol. The van der Waals surface area contributed by atoms with Crippen molar-refractivity contribution in [2.24, 2.45) is 5.73 Å². The molecule has 1 aliphatic rings. The van der Waals surface area contributed by atoms with Gasteiger partial charge in [-0.25, -0.2) is 4.98 Å². The molecule has 0 radical (unpaired) electrons. The topological polar surface area (TPSA) is 72.9 Å². The molecule has 104 valence electrons. The van der Waals surface area contributed by atoms with Gasteiger partial charge in [0.2, 0.25) is 5.91 Å². The minimum atomic E-state index is -0.703. The van der Waals surface area contributed by atoms with Crippen LogP contribution in [0.2, 0.25) is 0 Å². The second-order valence-electron chi connectivity index (χ2n) is 5.34. The van der Waals surface area contributed by atoms with Crippen LogP contribution >= 0.6 is 0 Å². The van der Waals surface area contributed by atoms with Gasteiger partial charge in [0.15, 0.2) is 0 Å². The van der Waals surface area contributed by atoms with E-state index in [2.05, 4.69) is 10.3 Å². The number of nitrogens with two attached hydrogens (primary N) is 1. The van der Waals surface area contributed by atoms with E-state index in [1.807, 2.05) is 35.0 Å². The smallest absolute Gasteiger partial charge is 0.244 e. The van der Waals surface area contributed by atoms with Crippen LogP contribution in [0.25, 0.3) is 5.69 Å².